The average molecular weight is 463 g/mol. The van der Waals surface area contributed by atoms with Gasteiger partial charge in [-0.25, -0.2) is 4.79 Å². The van der Waals surface area contributed by atoms with Gasteiger partial charge in [0, 0.05) is 24.1 Å². The SMILES string of the molecule is CN1CC(C)([C@](O)(c2ccc(OC(F)(F)F)cc2)c2cccc(-c3nc(C(=O)O)no3)c2)C1. The van der Waals surface area contributed by atoms with Gasteiger partial charge in [-0.1, -0.05) is 31.2 Å². The highest BCUT2D eigenvalue weighted by Gasteiger charge is 2.55. The number of likely N-dealkylation sites (tertiary alicyclic amines) is 1. The molecule has 1 aliphatic rings. The van der Waals surface area contributed by atoms with Crippen LogP contribution in [0.1, 0.15) is 28.7 Å². The van der Waals surface area contributed by atoms with Crippen LogP contribution in [0.3, 0.4) is 0 Å². The molecule has 33 heavy (non-hydrogen) atoms. The third-order valence-electron chi connectivity index (χ3n) is 5.76. The lowest BCUT2D eigenvalue weighted by Crippen LogP contribution is -2.63. The molecule has 0 spiro atoms. The van der Waals surface area contributed by atoms with Gasteiger partial charge >= 0.3 is 12.3 Å². The number of aromatic carboxylic acids is 1. The third kappa shape index (κ3) is 4.16. The molecule has 11 heteroatoms. The monoisotopic (exact) mass is 463 g/mol. The van der Waals surface area contributed by atoms with Gasteiger partial charge in [-0.15, -0.1) is 13.2 Å². The molecule has 0 saturated carbocycles. The first-order chi connectivity index (χ1) is 15.4. The van der Waals surface area contributed by atoms with E-state index in [0.29, 0.717) is 29.8 Å². The molecule has 0 bridgehead atoms. The number of alkyl halides is 3. The van der Waals surface area contributed by atoms with E-state index in [9.17, 15) is 23.1 Å². The number of benzene rings is 2. The summed E-state index contributed by atoms with van der Waals surface area (Å²) in [5.74, 6) is -2.28. The first-order valence-corrected chi connectivity index (χ1v) is 9.86. The molecule has 1 aliphatic heterocycles. The quantitative estimate of drug-likeness (QED) is 0.572. The van der Waals surface area contributed by atoms with Crippen molar-refractivity contribution in [1.29, 1.82) is 0 Å². The zero-order valence-corrected chi connectivity index (χ0v) is 17.6. The number of nitrogens with zero attached hydrogens (tertiary/aromatic N) is 3. The van der Waals surface area contributed by atoms with Gasteiger partial charge in [-0.2, -0.15) is 4.98 Å². The number of rotatable bonds is 6. The lowest BCUT2D eigenvalue weighted by Gasteiger charge is -2.56. The summed E-state index contributed by atoms with van der Waals surface area (Å²) in [6, 6.07) is 11.6. The van der Waals surface area contributed by atoms with E-state index in [2.05, 4.69) is 14.9 Å². The Morgan fingerprint density at radius 2 is 1.82 bits per heavy atom. The highest BCUT2D eigenvalue weighted by atomic mass is 19.4. The maximum absolute atomic E-state index is 12.6. The molecule has 2 N–H and O–H groups in total. The number of aromatic nitrogens is 2. The minimum absolute atomic E-state index is 0.0404. The fourth-order valence-corrected chi connectivity index (χ4v) is 4.44. The van der Waals surface area contributed by atoms with E-state index in [-0.39, 0.29) is 5.89 Å². The van der Waals surface area contributed by atoms with Crippen LogP contribution in [-0.4, -0.2) is 57.7 Å². The second-order valence-electron chi connectivity index (χ2n) is 8.32. The summed E-state index contributed by atoms with van der Waals surface area (Å²) >= 11 is 0. The zero-order valence-electron chi connectivity index (χ0n) is 17.6. The van der Waals surface area contributed by atoms with Gasteiger partial charge in [-0.05, 0) is 47.6 Å². The predicted octanol–water partition coefficient (Wildman–Crippen LogP) is 3.52. The van der Waals surface area contributed by atoms with Gasteiger partial charge in [-0.3, -0.25) is 0 Å². The number of aliphatic hydroxyl groups is 1. The molecular formula is C22H20F3N3O5. The highest BCUT2D eigenvalue weighted by molar-refractivity contribution is 5.83. The molecule has 174 valence electrons. The summed E-state index contributed by atoms with van der Waals surface area (Å²) < 4.78 is 46.7. The van der Waals surface area contributed by atoms with Crippen LogP contribution in [0.2, 0.25) is 0 Å². The molecule has 1 fully saturated rings. The van der Waals surface area contributed by atoms with Crippen LogP contribution in [0.15, 0.2) is 53.1 Å². The predicted molar refractivity (Wildman–Crippen MR) is 108 cm³/mol. The van der Waals surface area contributed by atoms with Crippen LogP contribution in [0.4, 0.5) is 13.2 Å². The molecule has 1 saturated heterocycles. The van der Waals surface area contributed by atoms with E-state index in [1.165, 1.54) is 12.1 Å². The Labute approximate surface area is 186 Å². The molecule has 0 unspecified atom stereocenters. The molecule has 2 aromatic carbocycles. The Morgan fingerprint density at radius 1 is 1.15 bits per heavy atom. The first kappa shape index (κ1) is 22.7. The van der Waals surface area contributed by atoms with Gasteiger partial charge in [0.1, 0.15) is 11.4 Å². The maximum Gasteiger partial charge on any atom is 0.573 e. The Balaban J connectivity index is 1.78. The summed E-state index contributed by atoms with van der Waals surface area (Å²) in [7, 11) is 1.89. The third-order valence-corrected chi connectivity index (χ3v) is 5.76. The topological polar surface area (TPSA) is 109 Å². The van der Waals surface area contributed by atoms with Gasteiger partial charge in [0.25, 0.3) is 11.7 Å². The van der Waals surface area contributed by atoms with Crippen molar-refractivity contribution < 1.29 is 37.4 Å². The van der Waals surface area contributed by atoms with Crippen molar-refractivity contribution in [2.75, 3.05) is 20.1 Å². The zero-order chi connectivity index (χ0) is 24.0. The van der Waals surface area contributed by atoms with Crippen molar-refractivity contribution in [1.82, 2.24) is 15.0 Å². The van der Waals surface area contributed by atoms with Crippen LogP contribution in [0.5, 0.6) is 5.75 Å². The van der Waals surface area contributed by atoms with E-state index in [4.69, 9.17) is 9.63 Å². The van der Waals surface area contributed by atoms with Crippen molar-refractivity contribution in [3.05, 3.63) is 65.5 Å². The standard InChI is InChI=1S/C22H20F3N3O5/c1-20(11-28(2)12-20)21(31,14-6-8-16(9-7-14)32-22(23,24)25)15-5-3-4-13(10-15)18-26-17(19(29)30)27-33-18/h3-10,31H,11-12H2,1-2H3,(H,29,30)/t21-/m0/s1. The van der Waals surface area contributed by atoms with Gasteiger partial charge in [0.2, 0.25) is 0 Å². The number of carbonyl (C=O) groups is 1. The number of halogens is 3. The number of hydrogen-bond acceptors (Lipinski definition) is 7. The second kappa shape index (κ2) is 7.85. The summed E-state index contributed by atoms with van der Waals surface area (Å²) in [4.78, 5) is 16.9. The van der Waals surface area contributed by atoms with E-state index in [1.54, 1.807) is 24.3 Å². The molecule has 1 atom stereocenters. The Hall–Kier alpha value is -3.44. The first-order valence-electron chi connectivity index (χ1n) is 9.86. The smallest absolute Gasteiger partial charge is 0.475 e. The minimum Gasteiger partial charge on any atom is -0.475 e. The molecule has 0 amide bonds. The summed E-state index contributed by atoms with van der Waals surface area (Å²) in [5, 5.41) is 24.5. The van der Waals surface area contributed by atoms with Crippen LogP contribution >= 0.6 is 0 Å². The van der Waals surface area contributed by atoms with Crippen molar-refractivity contribution in [2.45, 2.75) is 18.9 Å². The Morgan fingerprint density at radius 3 is 2.36 bits per heavy atom. The van der Waals surface area contributed by atoms with Crippen LogP contribution in [0, 0.1) is 5.41 Å². The largest absolute Gasteiger partial charge is 0.573 e. The van der Waals surface area contributed by atoms with Crippen molar-refractivity contribution in [2.24, 2.45) is 5.41 Å². The van der Waals surface area contributed by atoms with E-state index in [0.717, 1.165) is 12.1 Å². The average Bonchev–Trinajstić information content (AvgIpc) is 3.22. The van der Waals surface area contributed by atoms with Crippen molar-refractivity contribution in [3.8, 4) is 17.2 Å². The number of carboxylic acid groups (broad SMARTS) is 1. The lowest BCUT2D eigenvalue weighted by molar-refractivity contribution is -0.274. The fraction of sp³-hybridized carbons (Fsp3) is 0.318. The second-order valence-corrected chi connectivity index (χ2v) is 8.32. The van der Waals surface area contributed by atoms with Crippen LogP contribution in [-0.2, 0) is 5.60 Å². The molecular weight excluding hydrogens is 443 g/mol. The number of hydrogen-bond donors (Lipinski definition) is 2. The van der Waals surface area contributed by atoms with Gasteiger partial charge in [0.05, 0.1) is 0 Å². The van der Waals surface area contributed by atoms with Gasteiger partial charge in [0.15, 0.2) is 0 Å². The van der Waals surface area contributed by atoms with Crippen LogP contribution < -0.4 is 4.74 Å². The number of carboxylic acids is 1. The van der Waals surface area contributed by atoms with E-state index >= 15 is 0 Å². The van der Waals surface area contributed by atoms with Gasteiger partial charge < -0.3 is 24.4 Å². The molecule has 2 heterocycles. The number of ether oxygens (including phenoxy) is 1. The summed E-state index contributed by atoms with van der Waals surface area (Å²) in [6.45, 7) is 2.94. The lowest BCUT2D eigenvalue weighted by atomic mass is 9.62. The van der Waals surface area contributed by atoms with E-state index < -0.39 is 34.9 Å². The molecule has 0 aliphatic carbocycles. The molecule has 4 rings (SSSR count). The normalized spacial score (nSPS) is 17.8. The fourth-order valence-electron chi connectivity index (χ4n) is 4.44. The Kier molecular flexibility index (Phi) is 5.41. The van der Waals surface area contributed by atoms with Crippen LogP contribution in [0.25, 0.3) is 11.5 Å². The van der Waals surface area contributed by atoms with E-state index in [1.807, 2.05) is 18.9 Å². The maximum atomic E-state index is 12.6. The van der Waals surface area contributed by atoms with Crippen molar-refractivity contribution in [3.63, 3.8) is 0 Å². The molecule has 3 aromatic rings. The molecule has 1 aromatic heterocycles. The molecule has 0 radical (unpaired) electrons. The Bertz CT molecular complexity index is 1170. The van der Waals surface area contributed by atoms with Crippen molar-refractivity contribution >= 4 is 5.97 Å². The summed E-state index contributed by atoms with van der Waals surface area (Å²) in [6.07, 6.45) is -4.83. The molecule has 8 nitrogen and oxygen atoms in total. The summed E-state index contributed by atoms with van der Waals surface area (Å²) in [5.41, 5.74) is -1.06. The highest BCUT2D eigenvalue weighted by Crippen LogP contribution is 2.50. The minimum atomic E-state index is -4.83.